The molecule has 1 fully saturated rings. The summed E-state index contributed by atoms with van der Waals surface area (Å²) >= 11 is 0. The molecule has 1 N–H and O–H groups in total. The van der Waals surface area contributed by atoms with Crippen LogP contribution in [0.25, 0.3) is 0 Å². The summed E-state index contributed by atoms with van der Waals surface area (Å²) in [6.07, 6.45) is 0.913. The Morgan fingerprint density at radius 1 is 1.53 bits per heavy atom. The Balaban J connectivity index is 2.63. The Hall–Kier alpha value is -1.10. The van der Waals surface area contributed by atoms with Crippen molar-refractivity contribution in [2.45, 2.75) is 19.4 Å². The van der Waals surface area contributed by atoms with Gasteiger partial charge < -0.3 is 15.0 Å². The van der Waals surface area contributed by atoms with Crippen molar-refractivity contribution in [3.05, 3.63) is 0 Å². The predicted molar refractivity (Wildman–Crippen MR) is 55.2 cm³/mol. The molecule has 86 valence electrons. The van der Waals surface area contributed by atoms with Crippen molar-refractivity contribution < 1.29 is 14.3 Å². The van der Waals surface area contributed by atoms with Gasteiger partial charge in [0.2, 0.25) is 5.91 Å². The van der Waals surface area contributed by atoms with Crippen molar-refractivity contribution in [2.24, 2.45) is 5.92 Å². The Morgan fingerprint density at radius 3 is 2.60 bits per heavy atom. The van der Waals surface area contributed by atoms with E-state index in [1.165, 1.54) is 14.0 Å². The zero-order valence-electron chi connectivity index (χ0n) is 9.45. The van der Waals surface area contributed by atoms with Gasteiger partial charge in [0.25, 0.3) is 0 Å². The van der Waals surface area contributed by atoms with Gasteiger partial charge >= 0.3 is 5.97 Å². The van der Waals surface area contributed by atoms with Gasteiger partial charge in [0.05, 0.1) is 7.11 Å². The maximum Gasteiger partial charge on any atom is 0.328 e. The van der Waals surface area contributed by atoms with E-state index in [1.807, 2.05) is 7.05 Å². The highest BCUT2D eigenvalue weighted by Crippen LogP contribution is 2.19. The summed E-state index contributed by atoms with van der Waals surface area (Å²) in [7, 11) is 3.35. The van der Waals surface area contributed by atoms with Gasteiger partial charge in [-0.15, -0.1) is 0 Å². The average molecular weight is 214 g/mol. The lowest BCUT2D eigenvalue weighted by atomic mass is 9.99. The van der Waals surface area contributed by atoms with Gasteiger partial charge in [-0.3, -0.25) is 4.79 Å². The summed E-state index contributed by atoms with van der Waals surface area (Å²) in [5.74, 6) is -0.392. The summed E-state index contributed by atoms with van der Waals surface area (Å²) in [4.78, 5) is 24.6. The summed E-state index contributed by atoms with van der Waals surface area (Å²) in [5, 5.41) is 2.65. The first-order valence-corrected chi connectivity index (χ1v) is 5.08. The number of ether oxygens (including phenoxy) is 1. The van der Waals surface area contributed by atoms with Gasteiger partial charge in [-0.2, -0.15) is 0 Å². The molecule has 15 heavy (non-hydrogen) atoms. The molecule has 0 bridgehead atoms. The first kappa shape index (κ1) is 12.0. The van der Waals surface area contributed by atoms with Crippen molar-refractivity contribution in [1.29, 1.82) is 0 Å². The molecule has 0 aromatic carbocycles. The van der Waals surface area contributed by atoms with Crippen LogP contribution in [0.15, 0.2) is 0 Å². The molecule has 0 aliphatic carbocycles. The monoisotopic (exact) mass is 214 g/mol. The van der Waals surface area contributed by atoms with E-state index >= 15 is 0 Å². The largest absolute Gasteiger partial charge is 0.467 e. The summed E-state index contributed by atoms with van der Waals surface area (Å²) in [6, 6.07) is -0.502. The molecule has 1 heterocycles. The third-order valence-electron chi connectivity index (χ3n) is 2.71. The van der Waals surface area contributed by atoms with E-state index in [0.717, 1.165) is 19.5 Å². The minimum atomic E-state index is -0.502. The second-order valence-electron chi connectivity index (χ2n) is 4.01. The Morgan fingerprint density at radius 2 is 2.20 bits per heavy atom. The molecule has 5 nitrogen and oxygen atoms in total. The highest BCUT2D eigenvalue weighted by Gasteiger charge is 2.33. The van der Waals surface area contributed by atoms with E-state index in [2.05, 4.69) is 15.0 Å². The maximum absolute atomic E-state index is 11.5. The van der Waals surface area contributed by atoms with Crippen LogP contribution in [-0.4, -0.2) is 50.1 Å². The topological polar surface area (TPSA) is 58.6 Å². The molecule has 0 saturated carbocycles. The SMILES string of the molecule is COC(=O)C(NC(C)=O)C1CCN(C)C1. The summed E-state index contributed by atoms with van der Waals surface area (Å²) in [5.41, 5.74) is 0. The minimum absolute atomic E-state index is 0.159. The number of nitrogens with zero attached hydrogens (tertiary/aromatic N) is 1. The molecule has 1 aliphatic rings. The standard InChI is InChI=1S/C10H18N2O3/c1-7(13)11-9(10(14)15-3)8-4-5-12(2)6-8/h8-9H,4-6H2,1-3H3,(H,11,13). The molecule has 0 spiro atoms. The third-order valence-corrected chi connectivity index (χ3v) is 2.71. The number of nitrogens with one attached hydrogen (secondary N) is 1. The maximum atomic E-state index is 11.5. The van der Waals surface area contributed by atoms with Crippen molar-refractivity contribution in [2.75, 3.05) is 27.2 Å². The molecule has 1 saturated heterocycles. The number of hydrogen-bond acceptors (Lipinski definition) is 4. The normalized spacial score (nSPS) is 23.5. The molecule has 5 heteroatoms. The third kappa shape index (κ3) is 3.20. The fourth-order valence-electron chi connectivity index (χ4n) is 1.96. The van der Waals surface area contributed by atoms with Crippen LogP contribution in [0.3, 0.4) is 0 Å². The van der Waals surface area contributed by atoms with Crippen molar-refractivity contribution >= 4 is 11.9 Å². The number of carbonyl (C=O) groups is 2. The number of amides is 1. The van der Waals surface area contributed by atoms with Gasteiger partial charge in [-0.1, -0.05) is 0 Å². The molecule has 1 aliphatic heterocycles. The molecule has 0 radical (unpaired) electrons. The van der Waals surface area contributed by atoms with E-state index in [1.54, 1.807) is 0 Å². The second kappa shape index (κ2) is 5.11. The zero-order valence-corrected chi connectivity index (χ0v) is 9.45. The van der Waals surface area contributed by atoms with E-state index in [-0.39, 0.29) is 17.8 Å². The van der Waals surface area contributed by atoms with Crippen LogP contribution in [0.1, 0.15) is 13.3 Å². The number of rotatable bonds is 3. The van der Waals surface area contributed by atoms with E-state index in [4.69, 9.17) is 0 Å². The van der Waals surface area contributed by atoms with Gasteiger partial charge in [0.1, 0.15) is 6.04 Å². The molecular weight excluding hydrogens is 196 g/mol. The average Bonchev–Trinajstić information content (AvgIpc) is 2.59. The van der Waals surface area contributed by atoms with Crippen LogP contribution in [0, 0.1) is 5.92 Å². The number of likely N-dealkylation sites (tertiary alicyclic amines) is 1. The fourth-order valence-corrected chi connectivity index (χ4v) is 1.96. The summed E-state index contributed by atoms with van der Waals surface area (Å²) < 4.78 is 4.69. The lowest BCUT2D eigenvalue weighted by Gasteiger charge is -2.21. The second-order valence-corrected chi connectivity index (χ2v) is 4.01. The van der Waals surface area contributed by atoms with Crippen LogP contribution < -0.4 is 5.32 Å². The van der Waals surface area contributed by atoms with Gasteiger partial charge in [0.15, 0.2) is 0 Å². The first-order chi connectivity index (χ1) is 7.04. The van der Waals surface area contributed by atoms with E-state index in [9.17, 15) is 9.59 Å². The zero-order chi connectivity index (χ0) is 11.4. The molecule has 2 atom stereocenters. The number of hydrogen-bond donors (Lipinski definition) is 1. The van der Waals surface area contributed by atoms with Crippen LogP contribution in [-0.2, 0) is 14.3 Å². The highest BCUT2D eigenvalue weighted by atomic mass is 16.5. The van der Waals surface area contributed by atoms with E-state index < -0.39 is 6.04 Å². The molecule has 0 aromatic rings. The van der Waals surface area contributed by atoms with Crippen molar-refractivity contribution in [1.82, 2.24) is 10.2 Å². The lowest BCUT2D eigenvalue weighted by Crippen LogP contribution is -2.46. The number of methoxy groups -OCH3 is 1. The number of esters is 1. The molecule has 0 aromatic heterocycles. The molecule has 2 unspecified atom stereocenters. The number of carbonyl (C=O) groups excluding carboxylic acids is 2. The quantitative estimate of drug-likeness (QED) is 0.650. The fraction of sp³-hybridized carbons (Fsp3) is 0.800. The van der Waals surface area contributed by atoms with Gasteiger partial charge in [0, 0.05) is 19.4 Å². The van der Waals surface area contributed by atoms with E-state index in [0.29, 0.717) is 0 Å². The van der Waals surface area contributed by atoms with Crippen LogP contribution in [0.2, 0.25) is 0 Å². The minimum Gasteiger partial charge on any atom is -0.467 e. The Kier molecular flexibility index (Phi) is 4.08. The molecule has 1 amide bonds. The first-order valence-electron chi connectivity index (χ1n) is 5.08. The van der Waals surface area contributed by atoms with Gasteiger partial charge in [-0.25, -0.2) is 4.79 Å². The Bertz CT molecular complexity index is 255. The van der Waals surface area contributed by atoms with Crippen LogP contribution in [0.4, 0.5) is 0 Å². The summed E-state index contributed by atoms with van der Waals surface area (Å²) in [6.45, 7) is 3.19. The van der Waals surface area contributed by atoms with Crippen molar-refractivity contribution in [3.8, 4) is 0 Å². The van der Waals surface area contributed by atoms with Gasteiger partial charge in [-0.05, 0) is 20.0 Å². The van der Waals surface area contributed by atoms with Crippen LogP contribution >= 0.6 is 0 Å². The van der Waals surface area contributed by atoms with Crippen LogP contribution in [0.5, 0.6) is 0 Å². The highest BCUT2D eigenvalue weighted by molar-refractivity contribution is 5.83. The predicted octanol–water partition coefficient (Wildman–Crippen LogP) is -0.384. The molecular formula is C10H18N2O3. The van der Waals surface area contributed by atoms with Crippen molar-refractivity contribution in [3.63, 3.8) is 0 Å². The lowest BCUT2D eigenvalue weighted by molar-refractivity contribution is -0.146. The Labute approximate surface area is 89.8 Å². The smallest absolute Gasteiger partial charge is 0.328 e. The molecule has 1 rings (SSSR count).